The van der Waals surface area contributed by atoms with Crippen LogP contribution in [0.5, 0.6) is 0 Å². The molecular weight excluding hydrogens is 251 g/mol. The van der Waals surface area contributed by atoms with Crippen molar-refractivity contribution in [2.45, 2.75) is 6.18 Å². The van der Waals surface area contributed by atoms with Crippen molar-refractivity contribution in [2.24, 2.45) is 5.41 Å². The van der Waals surface area contributed by atoms with E-state index in [1.165, 1.54) is 0 Å². The maximum Gasteiger partial charge on any atom is 0.433 e. The minimum Gasteiger partial charge on any atom is -0.396 e. The third-order valence-corrected chi connectivity index (χ3v) is 2.72. The molecule has 0 radical (unpaired) electrons. The molecule has 1 aromatic rings. The first-order chi connectivity index (χ1) is 8.45. The lowest BCUT2D eigenvalue weighted by molar-refractivity contribution is -0.141. The number of rotatable bonds is 4. The molecule has 0 atom stereocenters. The van der Waals surface area contributed by atoms with E-state index in [0.29, 0.717) is 13.2 Å². The van der Waals surface area contributed by atoms with Crippen LogP contribution < -0.4 is 5.32 Å². The number of aromatic nitrogens is 2. The van der Waals surface area contributed by atoms with E-state index in [4.69, 9.17) is 9.84 Å². The molecule has 0 aromatic carbocycles. The van der Waals surface area contributed by atoms with Crippen molar-refractivity contribution < 1.29 is 23.0 Å². The molecule has 0 bridgehead atoms. The van der Waals surface area contributed by atoms with Crippen molar-refractivity contribution in [2.75, 3.05) is 31.7 Å². The number of hydrogen-bond donors (Lipinski definition) is 2. The SMILES string of the molecule is OCC1(CNc2nccc(C(F)(F)F)n2)COC1. The van der Waals surface area contributed by atoms with Gasteiger partial charge in [0.1, 0.15) is 5.69 Å². The normalized spacial score (nSPS) is 18.2. The number of anilines is 1. The predicted molar refractivity (Wildman–Crippen MR) is 55.9 cm³/mol. The van der Waals surface area contributed by atoms with E-state index in [1.807, 2.05) is 0 Å². The molecule has 0 saturated carbocycles. The molecule has 8 heteroatoms. The van der Waals surface area contributed by atoms with Crippen LogP contribution in [-0.4, -0.2) is 41.4 Å². The zero-order valence-electron chi connectivity index (χ0n) is 9.37. The number of aliphatic hydroxyl groups excluding tert-OH is 1. The van der Waals surface area contributed by atoms with Gasteiger partial charge in [-0.25, -0.2) is 9.97 Å². The molecule has 18 heavy (non-hydrogen) atoms. The van der Waals surface area contributed by atoms with E-state index in [-0.39, 0.29) is 19.1 Å². The summed E-state index contributed by atoms with van der Waals surface area (Å²) in [5, 5.41) is 11.8. The van der Waals surface area contributed by atoms with Gasteiger partial charge in [-0.15, -0.1) is 0 Å². The van der Waals surface area contributed by atoms with E-state index in [9.17, 15) is 13.2 Å². The molecule has 1 aliphatic rings. The fourth-order valence-electron chi connectivity index (χ4n) is 1.51. The fourth-order valence-corrected chi connectivity index (χ4v) is 1.51. The zero-order chi connectivity index (χ0) is 13.2. The Hall–Kier alpha value is -1.41. The third-order valence-electron chi connectivity index (χ3n) is 2.72. The number of aliphatic hydroxyl groups is 1. The monoisotopic (exact) mass is 263 g/mol. The molecule has 2 heterocycles. The van der Waals surface area contributed by atoms with E-state index >= 15 is 0 Å². The van der Waals surface area contributed by atoms with Gasteiger partial charge in [0.2, 0.25) is 5.95 Å². The molecule has 2 rings (SSSR count). The van der Waals surface area contributed by atoms with Crippen LogP contribution in [0.1, 0.15) is 5.69 Å². The molecule has 0 spiro atoms. The lowest BCUT2D eigenvalue weighted by Crippen LogP contribution is -2.50. The Kier molecular flexibility index (Phi) is 3.40. The molecule has 0 amide bonds. The summed E-state index contributed by atoms with van der Waals surface area (Å²) in [7, 11) is 0. The summed E-state index contributed by atoms with van der Waals surface area (Å²) in [6.07, 6.45) is -3.45. The Labute approximate surface area is 101 Å². The largest absolute Gasteiger partial charge is 0.433 e. The molecule has 0 unspecified atom stereocenters. The minimum absolute atomic E-state index is 0.0983. The average Bonchev–Trinajstić information content (AvgIpc) is 2.27. The second-order valence-corrected chi connectivity index (χ2v) is 4.27. The van der Waals surface area contributed by atoms with Crippen molar-refractivity contribution in [3.63, 3.8) is 0 Å². The lowest BCUT2D eigenvalue weighted by Gasteiger charge is -2.39. The van der Waals surface area contributed by atoms with Crippen LogP contribution in [0.15, 0.2) is 12.3 Å². The van der Waals surface area contributed by atoms with Gasteiger partial charge in [-0.1, -0.05) is 0 Å². The zero-order valence-corrected chi connectivity index (χ0v) is 9.37. The quantitative estimate of drug-likeness (QED) is 0.845. The van der Waals surface area contributed by atoms with Crippen LogP contribution in [0.3, 0.4) is 0 Å². The summed E-state index contributed by atoms with van der Waals surface area (Å²) >= 11 is 0. The summed E-state index contributed by atoms with van der Waals surface area (Å²) < 4.78 is 42.2. The Morgan fingerprint density at radius 2 is 2.17 bits per heavy atom. The Morgan fingerprint density at radius 3 is 2.67 bits per heavy atom. The highest BCUT2D eigenvalue weighted by Gasteiger charge is 2.38. The fraction of sp³-hybridized carbons (Fsp3) is 0.600. The molecule has 100 valence electrons. The first kappa shape index (κ1) is 13.0. The van der Waals surface area contributed by atoms with Crippen LogP contribution in [0.25, 0.3) is 0 Å². The van der Waals surface area contributed by atoms with Crippen LogP contribution in [0.2, 0.25) is 0 Å². The summed E-state index contributed by atoms with van der Waals surface area (Å²) in [6, 6.07) is 0.805. The van der Waals surface area contributed by atoms with Crippen molar-refractivity contribution in [1.82, 2.24) is 9.97 Å². The van der Waals surface area contributed by atoms with E-state index in [2.05, 4.69) is 15.3 Å². The molecule has 5 nitrogen and oxygen atoms in total. The number of nitrogens with one attached hydrogen (secondary N) is 1. The summed E-state index contributed by atoms with van der Waals surface area (Å²) in [4.78, 5) is 7.07. The molecule has 1 fully saturated rings. The summed E-state index contributed by atoms with van der Waals surface area (Å²) in [5.41, 5.74) is -1.44. The number of ether oxygens (including phenoxy) is 1. The van der Waals surface area contributed by atoms with E-state index in [0.717, 1.165) is 12.3 Å². The molecule has 0 aliphatic carbocycles. The first-order valence-corrected chi connectivity index (χ1v) is 5.28. The molecular formula is C10H12F3N3O2. The predicted octanol–water partition coefficient (Wildman–Crippen LogP) is 0.916. The van der Waals surface area contributed by atoms with Gasteiger partial charge in [-0.3, -0.25) is 0 Å². The maximum absolute atomic E-state index is 12.4. The van der Waals surface area contributed by atoms with Crippen molar-refractivity contribution in [3.05, 3.63) is 18.0 Å². The van der Waals surface area contributed by atoms with Crippen LogP contribution >= 0.6 is 0 Å². The van der Waals surface area contributed by atoms with Gasteiger partial charge in [0.25, 0.3) is 0 Å². The van der Waals surface area contributed by atoms with Gasteiger partial charge in [0.05, 0.1) is 25.2 Å². The van der Waals surface area contributed by atoms with Gasteiger partial charge in [0.15, 0.2) is 0 Å². The topological polar surface area (TPSA) is 67.3 Å². The standard InChI is InChI=1S/C10H12F3N3O2/c11-10(12,13)7-1-2-14-8(16-7)15-3-9(4-17)5-18-6-9/h1-2,17H,3-6H2,(H,14,15,16). The molecule has 1 aromatic heterocycles. The van der Waals surface area contributed by atoms with Crippen molar-refractivity contribution >= 4 is 5.95 Å². The molecule has 1 aliphatic heterocycles. The Morgan fingerprint density at radius 1 is 1.44 bits per heavy atom. The highest BCUT2D eigenvalue weighted by molar-refractivity contribution is 5.26. The van der Waals surface area contributed by atoms with Crippen molar-refractivity contribution in [1.29, 1.82) is 0 Å². The van der Waals surface area contributed by atoms with Crippen LogP contribution in [0.4, 0.5) is 19.1 Å². The molecule has 1 saturated heterocycles. The van der Waals surface area contributed by atoms with E-state index < -0.39 is 17.3 Å². The number of hydrogen-bond acceptors (Lipinski definition) is 5. The number of alkyl halides is 3. The van der Waals surface area contributed by atoms with E-state index in [1.54, 1.807) is 0 Å². The Bertz CT molecular complexity index is 416. The van der Waals surface area contributed by atoms with Gasteiger partial charge in [-0.05, 0) is 6.07 Å². The van der Waals surface area contributed by atoms with Gasteiger partial charge in [-0.2, -0.15) is 13.2 Å². The van der Waals surface area contributed by atoms with Gasteiger partial charge >= 0.3 is 6.18 Å². The Balaban J connectivity index is 2.01. The van der Waals surface area contributed by atoms with Gasteiger partial charge in [0, 0.05) is 12.7 Å². The maximum atomic E-state index is 12.4. The summed E-state index contributed by atoms with van der Waals surface area (Å²) in [5.74, 6) is -0.107. The van der Waals surface area contributed by atoms with Crippen molar-refractivity contribution in [3.8, 4) is 0 Å². The summed E-state index contributed by atoms with van der Waals surface area (Å²) in [6.45, 7) is 0.911. The van der Waals surface area contributed by atoms with Crippen LogP contribution in [-0.2, 0) is 10.9 Å². The third kappa shape index (κ3) is 2.70. The minimum atomic E-state index is -4.49. The second kappa shape index (κ2) is 4.69. The number of halogens is 3. The average molecular weight is 263 g/mol. The smallest absolute Gasteiger partial charge is 0.396 e. The highest BCUT2D eigenvalue weighted by Crippen LogP contribution is 2.29. The molecule has 2 N–H and O–H groups in total. The highest BCUT2D eigenvalue weighted by atomic mass is 19.4. The van der Waals surface area contributed by atoms with Crippen LogP contribution in [0, 0.1) is 5.41 Å². The first-order valence-electron chi connectivity index (χ1n) is 5.28. The lowest BCUT2D eigenvalue weighted by atomic mass is 9.87. The second-order valence-electron chi connectivity index (χ2n) is 4.27. The number of nitrogens with zero attached hydrogens (tertiary/aromatic N) is 2. The van der Waals surface area contributed by atoms with Gasteiger partial charge < -0.3 is 15.2 Å².